The van der Waals surface area contributed by atoms with Gasteiger partial charge in [0.05, 0.1) is 0 Å². The average molecular weight is 272 g/mol. The van der Waals surface area contributed by atoms with E-state index in [0.717, 1.165) is 13.0 Å². The van der Waals surface area contributed by atoms with Crippen molar-refractivity contribution in [3.05, 3.63) is 5.28 Å². The molecule has 0 aliphatic heterocycles. The van der Waals surface area contributed by atoms with Crippen molar-refractivity contribution in [1.29, 1.82) is 0 Å². The summed E-state index contributed by atoms with van der Waals surface area (Å²) in [5.74, 6) is 1.05. The molecule has 1 aromatic rings. The standard InChI is InChI=1S/C12H22ClN5/c1-4-6-7-8-9(3)15-12-17-10(13)16-11(18-12)14-5-2/h9H,4-8H2,1-3H3,(H2,14,15,16,17,18). The van der Waals surface area contributed by atoms with Crippen molar-refractivity contribution in [3.8, 4) is 0 Å². The summed E-state index contributed by atoms with van der Waals surface area (Å²) in [4.78, 5) is 12.3. The molecule has 5 nitrogen and oxygen atoms in total. The molecule has 2 N–H and O–H groups in total. The molecule has 0 aliphatic rings. The molecule has 6 heteroatoms. The lowest BCUT2D eigenvalue weighted by atomic mass is 10.1. The van der Waals surface area contributed by atoms with Crippen molar-refractivity contribution in [1.82, 2.24) is 15.0 Å². The topological polar surface area (TPSA) is 62.7 Å². The van der Waals surface area contributed by atoms with E-state index in [1.54, 1.807) is 0 Å². The van der Waals surface area contributed by atoms with Gasteiger partial charge in [0.1, 0.15) is 0 Å². The summed E-state index contributed by atoms with van der Waals surface area (Å²) in [5, 5.41) is 6.49. The lowest BCUT2D eigenvalue weighted by molar-refractivity contribution is 0.612. The van der Waals surface area contributed by atoms with E-state index < -0.39 is 0 Å². The molecule has 0 saturated heterocycles. The minimum atomic E-state index is 0.212. The van der Waals surface area contributed by atoms with Crippen LogP contribution in [0.15, 0.2) is 0 Å². The Labute approximate surface area is 114 Å². The van der Waals surface area contributed by atoms with Crippen LogP contribution in [0.5, 0.6) is 0 Å². The van der Waals surface area contributed by atoms with Crippen LogP contribution in [0.3, 0.4) is 0 Å². The van der Waals surface area contributed by atoms with Gasteiger partial charge in [0.15, 0.2) is 0 Å². The first kappa shape index (κ1) is 15.0. The Morgan fingerprint density at radius 1 is 1.11 bits per heavy atom. The fraction of sp³-hybridized carbons (Fsp3) is 0.750. The van der Waals surface area contributed by atoms with Crippen molar-refractivity contribution in [2.75, 3.05) is 17.2 Å². The predicted molar refractivity (Wildman–Crippen MR) is 76.2 cm³/mol. The van der Waals surface area contributed by atoms with Crippen LogP contribution in [-0.2, 0) is 0 Å². The molecular weight excluding hydrogens is 250 g/mol. The summed E-state index contributed by atoms with van der Waals surface area (Å²) >= 11 is 5.85. The van der Waals surface area contributed by atoms with Crippen LogP contribution < -0.4 is 10.6 Å². The number of hydrogen-bond acceptors (Lipinski definition) is 5. The van der Waals surface area contributed by atoms with Crippen LogP contribution in [0, 0.1) is 0 Å². The molecule has 102 valence electrons. The van der Waals surface area contributed by atoms with E-state index in [1.165, 1.54) is 19.3 Å². The SMILES string of the molecule is CCCCCC(C)Nc1nc(Cl)nc(NCC)n1. The zero-order chi connectivity index (χ0) is 13.4. The molecule has 0 radical (unpaired) electrons. The number of nitrogens with one attached hydrogen (secondary N) is 2. The van der Waals surface area contributed by atoms with Crippen LogP contribution in [-0.4, -0.2) is 27.5 Å². The number of rotatable bonds is 8. The molecule has 0 aliphatic carbocycles. The molecule has 1 heterocycles. The summed E-state index contributed by atoms with van der Waals surface area (Å²) in [5.41, 5.74) is 0. The van der Waals surface area contributed by atoms with Crippen LogP contribution in [0.25, 0.3) is 0 Å². The summed E-state index contributed by atoms with van der Waals surface area (Å²) < 4.78 is 0. The minimum absolute atomic E-state index is 0.212. The fourth-order valence-electron chi connectivity index (χ4n) is 1.64. The van der Waals surface area contributed by atoms with Gasteiger partial charge in [-0.2, -0.15) is 15.0 Å². The molecule has 18 heavy (non-hydrogen) atoms. The first-order valence-electron chi connectivity index (χ1n) is 6.57. The highest BCUT2D eigenvalue weighted by Gasteiger charge is 2.07. The number of anilines is 2. The van der Waals surface area contributed by atoms with Crippen molar-refractivity contribution in [3.63, 3.8) is 0 Å². The maximum absolute atomic E-state index is 5.85. The molecule has 1 rings (SSSR count). The second-order valence-corrected chi connectivity index (χ2v) is 4.66. The summed E-state index contributed by atoms with van der Waals surface area (Å²) in [6.07, 6.45) is 4.80. The van der Waals surface area contributed by atoms with Crippen LogP contribution in [0.2, 0.25) is 5.28 Å². The van der Waals surface area contributed by atoms with Gasteiger partial charge in [0.2, 0.25) is 17.2 Å². The van der Waals surface area contributed by atoms with Gasteiger partial charge < -0.3 is 10.6 Å². The van der Waals surface area contributed by atoms with Crippen LogP contribution in [0.4, 0.5) is 11.9 Å². The normalized spacial score (nSPS) is 12.2. The molecule has 0 aromatic carbocycles. The second-order valence-electron chi connectivity index (χ2n) is 4.32. The Morgan fingerprint density at radius 3 is 2.50 bits per heavy atom. The molecule has 1 aromatic heterocycles. The van der Waals surface area contributed by atoms with E-state index in [2.05, 4.69) is 39.4 Å². The van der Waals surface area contributed by atoms with E-state index in [0.29, 0.717) is 17.9 Å². The van der Waals surface area contributed by atoms with Gasteiger partial charge >= 0.3 is 0 Å². The van der Waals surface area contributed by atoms with Crippen LogP contribution >= 0.6 is 11.6 Å². The van der Waals surface area contributed by atoms with Gasteiger partial charge in [-0.3, -0.25) is 0 Å². The molecule has 0 saturated carbocycles. The Morgan fingerprint density at radius 2 is 1.83 bits per heavy atom. The molecule has 1 unspecified atom stereocenters. The van der Waals surface area contributed by atoms with E-state index in [1.807, 2.05) is 6.92 Å². The quantitative estimate of drug-likeness (QED) is 0.710. The lowest BCUT2D eigenvalue weighted by Crippen LogP contribution is -2.18. The van der Waals surface area contributed by atoms with Gasteiger partial charge in [0, 0.05) is 12.6 Å². The smallest absolute Gasteiger partial charge is 0.229 e. The van der Waals surface area contributed by atoms with Gasteiger partial charge in [-0.15, -0.1) is 0 Å². The minimum Gasteiger partial charge on any atom is -0.354 e. The molecule has 1 atom stereocenters. The van der Waals surface area contributed by atoms with E-state index in [4.69, 9.17) is 11.6 Å². The van der Waals surface area contributed by atoms with E-state index >= 15 is 0 Å². The zero-order valence-electron chi connectivity index (χ0n) is 11.3. The Hall–Kier alpha value is -1.10. The third kappa shape index (κ3) is 5.49. The van der Waals surface area contributed by atoms with Gasteiger partial charge in [-0.05, 0) is 31.9 Å². The van der Waals surface area contributed by atoms with Gasteiger partial charge in [0.25, 0.3) is 0 Å². The largest absolute Gasteiger partial charge is 0.354 e. The first-order valence-corrected chi connectivity index (χ1v) is 6.95. The molecule has 0 amide bonds. The third-order valence-corrected chi connectivity index (χ3v) is 2.73. The zero-order valence-corrected chi connectivity index (χ0v) is 12.1. The highest BCUT2D eigenvalue weighted by molar-refractivity contribution is 6.28. The van der Waals surface area contributed by atoms with E-state index in [-0.39, 0.29) is 5.28 Å². The van der Waals surface area contributed by atoms with Crippen molar-refractivity contribution < 1.29 is 0 Å². The number of aromatic nitrogens is 3. The van der Waals surface area contributed by atoms with Crippen molar-refractivity contribution >= 4 is 23.5 Å². The third-order valence-electron chi connectivity index (χ3n) is 2.56. The Kier molecular flexibility index (Phi) is 6.72. The first-order chi connectivity index (χ1) is 8.65. The number of hydrogen-bond donors (Lipinski definition) is 2. The van der Waals surface area contributed by atoms with Crippen molar-refractivity contribution in [2.24, 2.45) is 0 Å². The molecular formula is C12H22ClN5. The highest BCUT2D eigenvalue weighted by atomic mass is 35.5. The number of unbranched alkanes of at least 4 members (excludes halogenated alkanes) is 2. The van der Waals surface area contributed by atoms with E-state index in [9.17, 15) is 0 Å². The summed E-state index contributed by atoms with van der Waals surface area (Å²) in [6, 6.07) is 0.337. The molecule has 0 spiro atoms. The maximum atomic E-state index is 5.85. The molecule has 0 bridgehead atoms. The molecule has 0 fully saturated rings. The number of nitrogens with zero attached hydrogens (tertiary/aromatic N) is 3. The second kappa shape index (κ2) is 8.08. The van der Waals surface area contributed by atoms with Gasteiger partial charge in [-0.25, -0.2) is 0 Å². The summed E-state index contributed by atoms with van der Waals surface area (Å²) in [6.45, 7) is 7.07. The Balaban J connectivity index is 2.54. The highest BCUT2D eigenvalue weighted by Crippen LogP contribution is 2.12. The maximum Gasteiger partial charge on any atom is 0.229 e. The fourth-order valence-corrected chi connectivity index (χ4v) is 1.80. The van der Waals surface area contributed by atoms with Crippen molar-refractivity contribution in [2.45, 2.75) is 52.5 Å². The lowest BCUT2D eigenvalue weighted by Gasteiger charge is -2.14. The Bertz CT molecular complexity index is 358. The number of halogens is 1. The van der Waals surface area contributed by atoms with Crippen LogP contribution in [0.1, 0.15) is 46.5 Å². The monoisotopic (exact) mass is 271 g/mol. The average Bonchev–Trinajstić information content (AvgIpc) is 2.28. The predicted octanol–water partition coefficient (Wildman–Crippen LogP) is 3.34. The van der Waals surface area contributed by atoms with Gasteiger partial charge in [-0.1, -0.05) is 26.2 Å². The summed E-state index contributed by atoms with van der Waals surface area (Å²) in [7, 11) is 0.